The van der Waals surface area contributed by atoms with Gasteiger partial charge in [0.1, 0.15) is 29.3 Å². The van der Waals surface area contributed by atoms with Crippen molar-refractivity contribution in [1.82, 2.24) is 15.6 Å². The van der Waals surface area contributed by atoms with Crippen LogP contribution < -0.4 is 24.8 Å². The molecule has 2 fully saturated rings. The van der Waals surface area contributed by atoms with Gasteiger partial charge in [0.15, 0.2) is 11.5 Å². The second-order valence-electron chi connectivity index (χ2n) is 12.9. The van der Waals surface area contributed by atoms with Crippen LogP contribution in [0.2, 0.25) is 0 Å². The molecule has 3 aromatic rings. The summed E-state index contributed by atoms with van der Waals surface area (Å²) in [7, 11) is 1.38. The fourth-order valence-electron chi connectivity index (χ4n) is 6.10. The number of halogens is 4. The third-order valence-electron chi connectivity index (χ3n) is 9.27. The van der Waals surface area contributed by atoms with Gasteiger partial charge in [-0.2, -0.15) is 13.2 Å². The van der Waals surface area contributed by atoms with Gasteiger partial charge < -0.3 is 30.0 Å². The highest BCUT2D eigenvalue weighted by atomic mass is 19.4. The SMILES string of the molecule is COc1cc(C(=O)NCC(O)(c2cc3c(c(-c4ccc(F)cc4)n2)OC[C@]3(C)C(=O)NC2CCCCC2)C(F)(F)F)ccc1OC1CC1. The van der Waals surface area contributed by atoms with Gasteiger partial charge in [-0.1, -0.05) is 19.3 Å². The van der Waals surface area contributed by atoms with Gasteiger partial charge in [0.25, 0.3) is 5.91 Å². The van der Waals surface area contributed by atoms with Gasteiger partial charge in [0.05, 0.1) is 25.5 Å². The van der Waals surface area contributed by atoms with Crippen LogP contribution in [0.15, 0.2) is 48.5 Å². The number of fused-ring (bicyclic) bond motifs is 1. The van der Waals surface area contributed by atoms with Gasteiger partial charge >= 0.3 is 6.18 Å². The van der Waals surface area contributed by atoms with Gasteiger partial charge in [-0.05, 0) is 81.1 Å². The molecule has 13 heteroatoms. The van der Waals surface area contributed by atoms with E-state index in [4.69, 9.17) is 14.2 Å². The van der Waals surface area contributed by atoms with Gasteiger partial charge in [0.2, 0.25) is 11.5 Å². The molecule has 1 aliphatic heterocycles. The second kappa shape index (κ2) is 12.9. The number of aromatic nitrogens is 1. The summed E-state index contributed by atoms with van der Waals surface area (Å²) in [4.78, 5) is 31.1. The second-order valence-corrected chi connectivity index (χ2v) is 12.9. The number of alkyl halides is 3. The van der Waals surface area contributed by atoms with Crippen LogP contribution in [0, 0.1) is 5.82 Å². The molecule has 1 unspecified atom stereocenters. The van der Waals surface area contributed by atoms with Crippen LogP contribution in [0.1, 0.15) is 73.5 Å². The number of nitrogens with zero attached hydrogens (tertiary/aromatic N) is 1. The highest BCUT2D eigenvalue weighted by Crippen LogP contribution is 2.48. The zero-order valence-corrected chi connectivity index (χ0v) is 26.6. The predicted octanol–water partition coefficient (Wildman–Crippen LogP) is 5.72. The summed E-state index contributed by atoms with van der Waals surface area (Å²) >= 11 is 0. The Morgan fingerprint density at radius 1 is 1.02 bits per heavy atom. The molecule has 0 saturated heterocycles. The number of rotatable bonds is 10. The van der Waals surface area contributed by atoms with Crippen molar-refractivity contribution in [1.29, 1.82) is 0 Å². The number of hydrogen-bond acceptors (Lipinski definition) is 7. The summed E-state index contributed by atoms with van der Waals surface area (Å²) in [6.45, 7) is 0.0652. The average molecular weight is 672 g/mol. The normalized spacial score (nSPS) is 20.6. The molecular weight excluding hydrogens is 634 g/mol. The van der Waals surface area contributed by atoms with Gasteiger partial charge in [-0.25, -0.2) is 9.37 Å². The first-order valence-electron chi connectivity index (χ1n) is 16.0. The van der Waals surface area contributed by atoms with E-state index in [9.17, 15) is 32.3 Å². The summed E-state index contributed by atoms with van der Waals surface area (Å²) in [5.74, 6) is -1.23. The van der Waals surface area contributed by atoms with Crippen molar-refractivity contribution in [2.24, 2.45) is 0 Å². The maximum Gasteiger partial charge on any atom is 0.424 e. The molecule has 1 aromatic heterocycles. The summed E-state index contributed by atoms with van der Waals surface area (Å²) in [6, 6.07) is 10.0. The molecule has 0 bridgehead atoms. The fourth-order valence-corrected chi connectivity index (χ4v) is 6.10. The zero-order valence-electron chi connectivity index (χ0n) is 26.6. The Bertz CT molecular complexity index is 1690. The lowest BCUT2D eigenvalue weighted by Crippen LogP contribution is -2.52. The van der Waals surface area contributed by atoms with E-state index in [0.29, 0.717) is 5.75 Å². The molecule has 2 aromatic carbocycles. The number of aliphatic hydroxyl groups is 1. The maximum absolute atomic E-state index is 14.9. The Morgan fingerprint density at radius 3 is 2.38 bits per heavy atom. The summed E-state index contributed by atoms with van der Waals surface area (Å²) in [6.07, 6.45) is 1.02. The van der Waals surface area contributed by atoms with Gasteiger partial charge in [-0.15, -0.1) is 0 Å². The molecule has 2 saturated carbocycles. The molecule has 48 heavy (non-hydrogen) atoms. The molecule has 0 radical (unpaired) electrons. The Labute approximate surface area is 275 Å². The number of ether oxygens (including phenoxy) is 3. The summed E-state index contributed by atoms with van der Waals surface area (Å²) < 4.78 is 75.6. The Morgan fingerprint density at radius 2 is 1.73 bits per heavy atom. The van der Waals surface area contributed by atoms with Crippen LogP contribution in [0.3, 0.4) is 0 Å². The van der Waals surface area contributed by atoms with E-state index in [1.165, 1.54) is 37.4 Å². The lowest BCUT2D eigenvalue weighted by Gasteiger charge is -2.32. The standard InChI is InChI=1S/C35H37F4N3O6/c1-33(32(44)41-23-6-4-3-5-7-23)19-47-30-25(33)17-28(42-29(30)20-8-11-22(36)12-9-20)34(45,35(37,38)39)18-40-31(43)21-10-15-26(27(16-21)46-2)48-24-13-14-24/h8-12,15-17,23-24,45H,3-7,13-14,18-19H2,1-2H3,(H,40,43)(H,41,44)/t33-,34?/m0/s1. The Hall–Kier alpha value is -4.39. The van der Waals surface area contributed by atoms with E-state index in [1.54, 1.807) is 6.92 Å². The van der Waals surface area contributed by atoms with Crippen LogP contribution in [0.25, 0.3) is 11.3 Å². The van der Waals surface area contributed by atoms with Crippen molar-refractivity contribution in [3.8, 4) is 28.5 Å². The summed E-state index contributed by atoms with van der Waals surface area (Å²) in [5, 5.41) is 16.7. The largest absolute Gasteiger partial charge is 0.493 e. The monoisotopic (exact) mass is 671 g/mol. The van der Waals surface area contributed by atoms with E-state index in [1.807, 2.05) is 0 Å². The van der Waals surface area contributed by atoms with E-state index in [2.05, 4.69) is 15.6 Å². The number of carbonyl (C=O) groups excluding carboxylic acids is 2. The number of carbonyl (C=O) groups is 2. The Kier molecular flexibility index (Phi) is 9.01. The number of nitrogens with one attached hydrogen (secondary N) is 2. The first-order valence-corrected chi connectivity index (χ1v) is 16.0. The van der Waals surface area contributed by atoms with Crippen molar-refractivity contribution in [2.45, 2.75) is 81.2 Å². The minimum Gasteiger partial charge on any atom is -0.493 e. The highest BCUT2D eigenvalue weighted by molar-refractivity contribution is 5.95. The molecule has 256 valence electrons. The third kappa shape index (κ3) is 6.52. The van der Waals surface area contributed by atoms with Crippen LogP contribution in [0.5, 0.6) is 17.2 Å². The van der Waals surface area contributed by atoms with Crippen LogP contribution in [0.4, 0.5) is 17.6 Å². The van der Waals surface area contributed by atoms with Crippen molar-refractivity contribution in [3.05, 3.63) is 71.2 Å². The smallest absolute Gasteiger partial charge is 0.424 e. The number of hydrogen-bond donors (Lipinski definition) is 3. The molecule has 2 amide bonds. The van der Waals surface area contributed by atoms with Crippen molar-refractivity contribution < 1.29 is 46.5 Å². The highest BCUT2D eigenvalue weighted by Gasteiger charge is 2.58. The molecule has 2 heterocycles. The minimum atomic E-state index is -5.33. The van der Waals surface area contributed by atoms with E-state index in [-0.39, 0.29) is 52.6 Å². The fraction of sp³-hybridized carbons (Fsp3) is 0.457. The molecule has 2 atom stereocenters. The minimum absolute atomic E-state index is 0.0196. The number of amides is 2. The molecule has 2 aliphatic carbocycles. The van der Waals surface area contributed by atoms with E-state index < -0.39 is 47.1 Å². The van der Waals surface area contributed by atoms with Gasteiger partial charge in [0, 0.05) is 22.7 Å². The zero-order chi connectivity index (χ0) is 34.3. The predicted molar refractivity (Wildman–Crippen MR) is 166 cm³/mol. The topological polar surface area (TPSA) is 119 Å². The molecule has 9 nitrogen and oxygen atoms in total. The lowest BCUT2D eigenvalue weighted by molar-refractivity contribution is -0.265. The van der Waals surface area contributed by atoms with Crippen LogP contribution in [-0.4, -0.2) is 60.5 Å². The summed E-state index contributed by atoms with van der Waals surface area (Å²) in [5.41, 5.74) is -5.83. The van der Waals surface area contributed by atoms with E-state index >= 15 is 0 Å². The number of benzene rings is 2. The van der Waals surface area contributed by atoms with Gasteiger partial charge in [-0.3, -0.25) is 9.59 Å². The first kappa shape index (κ1) is 33.5. The molecule has 3 N–H and O–H groups in total. The number of pyridine rings is 1. The molecule has 6 rings (SSSR count). The van der Waals surface area contributed by atoms with Crippen LogP contribution in [-0.2, 0) is 15.8 Å². The quantitative estimate of drug-likeness (QED) is 0.236. The lowest BCUT2D eigenvalue weighted by atomic mass is 9.81. The molecule has 3 aliphatic rings. The van der Waals surface area contributed by atoms with Crippen molar-refractivity contribution in [2.75, 3.05) is 20.3 Å². The molecular formula is C35H37F4N3O6. The van der Waals surface area contributed by atoms with Crippen molar-refractivity contribution in [3.63, 3.8) is 0 Å². The van der Waals surface area contributed by atoms with Crippen molar-refractivity contribution >= 4 is 11.8 Å². The third-order valence-corrected chi connectivity index (χ3v) is 9.27. The van der Waals surface area contributed by atoms with Crippen LogP contribution >= 0.6 is 0 Å². The average Bonchev–Trinajstić information content (AvgIpc) is 3.83. The van der Waals surface area contributed by atoms with E-state index in [0.717, 1.165) is 63.1 Å². The Balaban J connectivity index is 1.36. The maximum atomic E-state index is 14.9. The number of methoxy groups -OCH3 is 1. The first-order chi connectivity index (χ1) is 22.8. The molecule has 0 spiro atoms.